The third-order valence-corrected chi connectivity index (χ3v) is 3.82. The standard InChI is InChI=1S/C12H14BrFN2O2S/c1-17-6-7(18-2)5-16-11-4-9(14)8(13)3-10(11)15-12(16)19/h3-4,7H,5-6H2,1-2H3,(H,15,19). The molecule has 0 aliphatic carbocycles. The molecule has 0 aliphatic heterocycles. The molecule has 2 rings (SSSR count). The number of aromatic amines is 1. The molecule has 7 heteroatoms. The van der Waals surface area contributed by atoms with Crippen molar-refractivity contribution in [2.75, 3.05) is 20.8 Å². The van der Waals surface area contributed by atoms with Gasteiger partial charge in [-0.15, -0.1) is 0 Å². The summed E-state index contributed by atoms with van der Waals surface area (Å²) in [6, 6.07) is 3.13. The van der Waals surface area contributed by atoms with Crippen molar-refractivity contribution in [1.29, 1.82) is 0 Å². The van der Waals surface area contributed by atoms with Crippen molar-refractivity contribution in [1.82, 2.24) is 9.55 Å². The lowest BCUT2D eigenvalue weighted by atomic mass is 10.3. The molecule has 1 unspecified atom stereocenters. The van der Waals surface area contributed by atoms with Crippen LogP contribution in [-0.2, 0) is 16.0 Å². The number of hydrogen-bond acceptors (Lipinski definition) is 3. The van der Waals surface area contributed by atoms with Gasteiger partial charge in [-0.3, -0.25) is 0 Å². The predicted octanol–water partition coefficient (Wildman–Crippen LogP) is 3.26. The molecule has 104 valence electrons. The first-order valence-electron chi connectivity index (χ1n) is 5.66. The second kappa shape index (κ2) is 6.13. The van der Waals surface area contributed by atoms with Gasteiger partial charge in [-0.25, -0.2) is 4.39 Å². The van der Waals surface area contributed by atoms with E-state index in [9.17, 15) is 4.39 Å². The van der Waals surface area contributed by atoms with Gasteiger partial charge in [-0.2, -0.15) is 0 Å². The molecular weight excluding hydrogens is 335 g/mol. The second-order valence-electron chi connectivity index (χ2n) is 4.14. The molecule has 1 N–H and O–H groups in total. The Labute approximate surface area is 123 Å². The molecule has 2 aromatic rings. The van der Waals surface area contributed by atoms with Crippen LogP contribution in [0.15, 0.2) is 16.6 Å². The SMILES string of the molecule is COCC(Cn1c(=S)[nH]c2cc(Br)c(F)cc21)OC. The lowest BCUT2D eigenvalue weighted by Crippen LogP contribution is -2.23. The molecule has 0 fully saturated rings. The van der Waals surface area contributed by atoms with Crippen molar-refractivity contribution in [3.8, 4) is 0 Å². The fourth-order valence-corrected chi connectivity index (χ4v) is 2.54. The zero-order valence-electron chi connectivity index (χ0n) is 10.6. The van der Waals surface area contributed by atoms with Crippen LogP contribution < -0.4 is 0 Å². The van der Waals surface area contributed by atoms with E-state index in [0.717, 1.165) is 5.52 Å². The van der Waals surface area contributed by atoms with E-state index in [2.05, 4.69) is 20.9 Å². The summed E-state index contributed by atoms with van der Waals surface area (Å²) in [5.74, 6) is -0.323. The monoisotopic (exact) mass is 348 g/mol. The summed E-state index contributed by atoms with van der Waals surface area (Å²) in [4.78, 5) is 3.05. The average Bonchev–Trinajstić information content (AvgIpc) is 2.66. The van der Waals surface area contributed by atoms with Crippen LogP contribution >= 0.6 is 28.1 Å². The first-order chi connectivity index (χ1) is 9.06. The topological polar surface area (TPSA) is 39.2 Å². The molecule has 1 heterocycles. The number of nitrogens with zero attached hydrogens (tertiary/aromatic N) is 1. The van der Waals surface area contributed by atoms with E-state index in [4.69, 9.17) is 21.7 Å². The molecule has 0 spiro atoms. The number of hydrogen-bond donors (Lipinski definition) is 1. The largest absolute Gasteiger partial charge is 0.382 e. The molecule has 1 aromatic carbocycles. The molecule has 0 amide bonds. The average molecular weight is 349 g/mol. The lowest BCUT2D eigenvalue weighted by Gasteiger charge is -2.15. The highest BCUT2D eigenvalue weighted by Crippen LogP contribution is 2.23. The fourth-order valence-electron chi connectivity index (χ4n) is 1.92. The predicted molar refractivity (Wildman–Crippen MR) is 77.5 cm³/mol. The maximum atomic E-state index is 13.6. The van der Waals surface area contributed by atoms with Gasteiger partial charge >= 0.3 is 0 Å². The molecule has 0 aliphatic rings. The van der Waals surface area contributed by atoms with E-state index in [1.165, 1.54) is 6.07 Å². The van der Waals surface area contributed by atoms with Crippen molar-refractivity contribution in [2.45, 2.75) is 12.6 Å². The number of H-pyrrole nitrogens is 1. The number of aromatic nitrogens is 2. The Balaban J connectivity index is 2.45. The van der Waals surface area contributed by atoms with Crippen molar-refractivity contribution in [3.05, 3.63) is 27.2 Å². The number of imidazole rings is 1. The zero-order valence-corrected chi connectivity index (χ0v) is 13.0. The van der Waals surface area contributed by atoms with Crippen LogP contribution in [0.1, 0.15) is 0 Å². The zero-order chi connectivity index (χ0) is 14.0. The Morgan fingerprint density at radius 2 is 2.21 bits per heavy atom. The van der Waals surface area contributed by atoms with Crippen LogP contribution in [0.3, 0.4) is 0 Å². The third kappa shape index (κ3) is 3.05. The summed E-state index contributed by atoms with van der Waals surface area (Å²) in [5.41, 5.74) is 1.49. The number of fused-ring (bicyclic) bond motifs is 1. The first-order valence-corrected chi connectivity index (χ1v) is 6.86. The van der Waals surface area contributed by atoms with Crippen molar-refractivity contribution < 1.29 is 13.9 Å². The number of benzene rings is 1. The number of ether oxygens (including phenoxy) is 2. The van der Waals surface area contributed by atoms with Gasteiger partial charge in [0.2, 0.25) is 0 Å². The highest BCUT2D eigenvalue weighted by Gasteiger charge is 2.13. The van der Waals surface area contributed by atoms with E-state index >= 15 is 0 Å². The molecule has 0 saturated heterocycles. The van der Waals surface area contributed by atoms with E-state index in [0.29, 0.717) is 27.9 Å². The van der Waals surface area contributed by atoms with Gasteiger partial charge in [0, 0.05) is 20.3 Å². The van der Waals surface area contributed by atoms with Crippen LogP contribution in [0.25, 0.3) is 11.0 Å². The minimum absolute atomic E-state index is 0.137. The Bertz CT molecular complexity index is 640. The van der Waals surface area contributed by atoms with Gasteiger partial charge in [0.1, 0.15) is 5.82 Å². The second-order valence-corrected chi connectivity index (χ2v) is 5.38. The van der Waals surface area contributed by atoms with Gasteiger partial charge in [-0.05, 0) is 34.2 Å². The van der Waals surface area contributed by atoms with Crippen molar-refractivity contribution in [3.63, 3.8) is 0 Å². The van der Waals surface area contributed by atoms with Gasteiger partial charge < -0.3 is 19.0 Å². The van der Waals surface area contributed by atoms with E-state index < -0.39 is 0 Å². The Hall–Kier alpha value is -0.760. The van der Waals surface area contributed by atoms with Gasteiger partial charge in [0.15, 0.2) is 4.77 Å². The normalized spacial score (nSPS) is 13.1. The van der Waals surface area contributed by atoms with Crippen LogP contribution in [0.2, 0.25) is 0 Å². The molecule has 0 saturated carbocycles. The van der Waals surface area contributed by atoms with Crippen molar-refractivity contribution in [2.24, 2.45) is 0 Å². The Morgan fingerprint density at radius 3 is 2.84 bits per heavy atom. The van der Waals surface area contributed by atoms with E-state index in [1.54, 1.807) is 20.3 Å². The summed E-state index contributed by atoms with van der Waals surface area (Å²) in [5, 5.41) is 0. The van der Waals surface area contributed by atoms with E-state index in [1.807, 2.05) is 4.57 Å². The fraction of sp³-hybridized carbons (Fsp3) is 0.417. The summed E-state index contributed by atoms with van der Waals surface area (Å²) >= 11 is 8.42. The molecule has 0 bridgehead atoms. The van der Waals surface area contributed by atoms with Crippen LogP contribution in [0.5, 0.6) is 0 Å². The summed E-state index contributed by atoms with van der Waals surface area (Å²) in [6.45, 7) is 0.953. The highest BCUT2D eigenvalue weighted by atomic mass is 79.9. The molecule has 1 atom stereocenters. The summed E-state index contributed by atoms with van der Waals surface area (Å²) in [6.07, 6.45) is -0.137. The van der Waals surface area contributed by atoms with Crippen LogP contribution in [-0.4, -0.2) is 36.5 Å². The van der Waals surface area contributed by atoms with E-state index in [-0.39, 0.29) is 11.9 Å². The third-order valence-electron chi connectivity index (χ3n) is 2.89. The maximum Gasteiger partial charge on any atom is 0.178 e. The number of halogens is 2. The molecule has 4 nitrogen and oxygen atoms in total. The van der Waals surface area contributed by atoms with Crippen LogP contribution in [0, 0.1) is 10.6 Å². The minimum Gasteiger partial charge on any atom is -0.382 e. The number of nitrogens with one attached hydrogen (secondary N) is 1. The number of methoxy groups -OCH3 is 2. The number of rotatable bonds is 5. The molecule has 1 aromatic heterocycles. The molecular formula is C12H14BrFN2O2S. The minimum atomic E-state index is -0.323. The smallest absolute Gasteiger partial charge is 0.178 e. The van der Waals surface area contributed by atoms with Gasteiger partial charge in [0.05, 0.1) is 34.8 Å². The summed E-state index contributed by atoms with van der Waals surface area (Å²) in [7, 11) is 3.22. The van der Waals surface area contributed by atoms with Crippen molar-refractivity contribution >= 4 is 39.2 Å². The Kier molecular flexibility index (Phi) is 4.72. The Morgan fingerprint density at radius 1 is 1.47 bits per heavy atom. The molecule has 19 heavy (non-hydrogen) atoms. The first kappa shape index (κ1) is 14.6. The lowest BCUT2D eigenvalue weighted by molar-refractivity contribution is 0.0188. The maximum absolute atomic E-state index is 13.6. The highest BCUT2D eigenvalue weighted by molar-refractivity contribution is 9.10. The molecule has 0 radical (unpaired) electrons. The summed E-state index contributed by atoms with van der Waals surface area (Å²) < 4.78 is 26.8. The van der Waals surface area contributed by atoms with Gasteiger partial charge in [0.25, 0.3) is 0 Å². The van der Waals surface area contributed by atoms with Gasteiger partial charge in [-0.1, -0.05) is 0 Å². The quantitative estimate of drug-likeness (QED) is 0.843. The van der Waals surface area contributed by atoms with Crippen LogP contribution in [0.4, 0.5) is 4.39 Å².